The van der Waals surface area contributed by atoms with Crippen LogP contribution in [0.25, 0.3) is 6.08 Å². The average molecular weight is 496 g/mol. The smallest absolute Gasteiger partial charge is 0.274 e. The van der Waals surface area contributed by atoms with Crippen LogP contribution in [0.1, 0.15) is 73.3 Å². The summed E-state index contributed by atoms with van der Waals surface area (Å²) in [5.74, 6) is 1.16. The Hall–Kier alpha value is -3.79. The number of aromatic nitrogens is 5. The molecule has 0 spiro atoms. The quantitative estimate of drug-likeness (QED) is 0.282. The number of carbonyl (C=O) groups excluding carboxylic acids is 1. The van der Waals surface area contributed by atoms with Gasteiger partial charge in [0.1, 0.15) is 11.7 Å². The molecule has 0 bridgehead atoms. The molecule has 10 nitrogen and oxygen atoms in total. The number of rotatable bonds is 7. The molecule has 0 atom stereocenters. The van der Waals surface area contributed by atoms with Crippen molar-refractivity contribution in [3.05, 3.63) is 64.6 Å². The van der Waals surface area contributed by atoms with Crippen LogP contribution in [-0.2, 0) is 6.54 Å². The molecule has 4 rings (SSSR count). The van der Waals surface area contributed by atoms with Crippen molar-refractivity contribution in [3.63, 3.8) is 0 Å². The highest BCUT2D eigenvalue weighted by atomic mass is 35.5. The molecule has 3 aromatic rings. The van der Waals surface area contributed by atoms with Crippen LogP contribution < -0.4 is 16.8 Å². The van der Waals surface area contributed by atoms with Crippen LogP contribution >= 0.6 is 11.6 Å². The predicted molar refractivity (Wildman–Crippen MR) is 138 cm³/mol. The molecule has 1 aliphatic rings. The summed E-state index contributed by atoms with van der Waals surface area (Å²) in [6.45, 7) is 4.13. The summed E-state index contributed by atoms with van der Waals surface area (Å²) in [7, 11) is 0. The van der Waals surface area contributed by atoms with Gasteiger partial charge in [-0.1, -0.05) is 44.4 Å². The van der Waals surface area contributed by atoms with Crippen molar-refractivity contribution in [1.29, 1.82) is 0 Å². The van der Waals surface area contributed by atoms with E-state index in [1.807, 2.05) is 13.8 Å². The van der Waals surface area contributed by atoms with Crippen molar-refractivity contribution in [1.82, 2.24) is 30.5 Å². The largest absolute Gasteiger partial charge is 0.384 e. The fourth-order valence-electron chi connectivity index (χ4n) is 3.60. The fourth-order valence-corrected chi connectivity index (χ4v) is 3.79. The van der Waals surface area contributed by atoms with E-state index in [1.54, 1.807) is 42.6 Å². The number of aliphatic imine (C=N–C) groups is 1. The lowest BCUT2D eigenvalue weighted by atomic mass is 10.0. The molecule has 184 valence electrons. The van der Waals surface area contributed by atoms with Crippen molar-refractivity contribution < 1.29 is 4.79 Å². The van der Waals surface area contributed by atoms with E-state index in [0.717, 1.165) is 18.5 Å². The Labute approximate surface area is 209 Å². The van der Waals surface area contributed by atoms with E-state index in [9.17, 15) is 4.79 Å². The molecule has 1 aliphatic carbocycles. The number of nitrogens with two attached hydrogens (primary N) is 2. The van der Waals surface area contributed by atoms with Crippen molar-refractivity contribution in [2.45, 2.75) is 52.0 Å². The minimum Gasteiger partial charge on any atom is -0.384 e. The molecule has 0 saturated heterocycles. The summed E-state index contributed by atoms with van der Waals surface area (Å²) in [4.78, 5) is 29.8. The molecule has 0 radical (unpaired) electrons. The maximum absolute atomic E-state index is 12.6. The number of nitrogens with one attached hydrogen (secondary N) is 2. The topological polar surface area (TPSA) is 161 Å². The van der Waals surface area contributed by atoms with Crippen molar-refractivity contribution in [3.8, 4) is 0 Å². The zero-order valence-electron chi connectivity index (χ0n) is 19.8. The fraction of sp³-hybridized carbons (Fsp3) is 0.333. The number of nitrogen functional groups attached to an aromatic ring is 1. The van der Waals surface area contributed by atoms with E-state index in [0.29, 0.717) is 28.3 Å². The molecule has 2 heterocycles. The molecule has 11 heteroatoms. The van der Waals surface area contributed by atoms with Gasteiger partial charge in [-0.25, -0.2) is 19.9 Å². The first-order valence-corrected chi connectivity index (χ1v) is 12.0. The number of anilines is 1. The summed E-state index contributed by atoms with van der Waals surface area (Å²) >= 11 is 5.94. The van der Waals surface area contributed by atoms with Crippen LogP contribution in [-0.4, -0.2) is 36.9 Å². The third kappa shape index (κ3) is 7.35. The molecule has 1 saturated carbocycles. The standard InChI is InChI=1S/C22H24ClN9O.C2H6/c23-14-6-3-7-15(10-14)28-17(24)8-9-18-30-19(32-31-18)12-27-22(33)20-21(25)26-11-16(29-20)13-4-1-2-5-13;1-2/h3,6-11,13H,1-2,4-5,12H2,(H2,24,28)(H2,25,26)(H,27,33)(H,30,31,32);1-2H3/b9-8-;. The number of benzene rings is 1. The zero-order valence-corrected chi connectivity index (χ0v) is 20.6. The zero-order chi connectivity index (χ0) is 25.2. The van der Waals surface area contributed by atoms with Crippen LogP contribution in [0.2, 0.25) is 5.02 Å². The molecule has 0 aliphatic heterocycles. The van der Waals surface area contributed by atoms with Crippen molar-refractivity contribution >= 4 is 40.9 Å². The predicted octanol–water partition coefficient (Wildman–Crippen LogP) is 4.15. The Balaban J connectivity index is 0.00000167. The number of nitrogens with zero attached hydrogens (tertiary/aromatic N) is 5. The molecule has 35 heavy (non-hydrogen) atoms. The highest BCUT2D eigenvalue weighted by Crippen LogP contribution is 2.33. The van der Waals surface area contributed by atoms with Crippen LogP contribution in [0.3, 0.4) is 0 Å². The lowest BCUT2D eigenvalue weighted by molar-refractivity contribution is 0.0945. The van der Waals surface area contributed by atoms with E-state index < -0.39 is 5.91 Å². The Bertz CT molecular complexity index is 1200. The molecular weight excluding hydrogens is 466 g/mol. The van der Waals surface area contributed by atoms with Gasteiger partial charge in [0.2, 0.25) is 0 Å². The normalized spacial score (nSPS) is 14.1. The van der Waals surface area contributed by atoms with Crippen LogP contribution in [0, 0.1) is 0 Å². The number of hydrogen-bond donors (Lipinski definition) is 4. The summed E-state index contributed by atoms with van der Waals surface area (Å²) < 4.78 is 0. The number of carbonyl (C=O) groups is 1. The molecule has 1 aromatic carbocycles. The second-order valence-corrected chi connectivity index (χ2v) is 8.12. The van der Waals surface area contributed by atoms with E-state index in [4.69, 9.17) is 23.1 Å². The first kappa shape index (κ1) is 25.8. The van der Waals surface area contributed by atoms with Gasteiger partial charge in [-0.2, -0.15) is 5.10 Å². The van der Waals surface area contributed by atoms with Crippen molar-refractivity contribution in [2.24, 2.45) is 10.7 Å². The van der Waals surface area contributed by atoms with Gasteiger partial charge in [-0.15, -0.1) is 0 Å². The third-order valence-corrected chi connectivity index (χ3v) is 5.48. The van der Waals surface area contributed by atoms with Gasteiger partial charge in [0.05, 0.1) is 24.1 Å². The second kappa shape index (κ2) is 12.6. The van der Waals surface area contributed by atoms with E-state index in [1.165, 1.54) is 12.8 Å². The number of H-pyrrole nitrogens is 1. The van der Waals surface area contributed by atoms with E-state index in [2.05, 4.69) is 35.5 Å². The van der Waals surface area contributed by atoms with Crippen molar-refractivity contribution in [2.75, 3.05) is 5.73 Å². The molecule has 6 N–H and O–H groups in total. The van der Waals surface area contributed by atoms with Crippen LogP contribution in [0.5, 0.6) is 0 Å². The average Bonchev–Trinajstić information content (AvgIpc) is 3.55. The minimum atomic E-state index is -0.411. The Morgan fingerprint density at radius 2 is 2.06 bits per heavy atom. The minimum absolute atomic E-state index is 0.102. The van der Waals surface area contributed by atoms with E-state index >= 15 is 0 Å². The first-order valence-electron chi connectivity index (χ1n) is 11.6. The Morgan fingerprint density at radius 3 is 2.80 bits per heavy atom. The van der Waals surface area contributed by atoms with Gasteiger partial charge in [0, 0.05) is 10.9 Å². The van der Waals surface area contributed by atoms with Crippen LogP contribution in [0.4, 0.5) is 11.5 Å². The highest BCUT2D eigenvalue weighted by molar-refractivity contribution is 6.30. The van der Waals surface area contributed by atoms with Gasteiger partial charge in [-0.3, -0.25) is 9.89 Å². The number of hydrogen-bond acceptors (Lipinski definition) is 7. The SMILES string of the molecule is CC.NC(/C=C\c1n[nH]c(CNC(=O)c2nc(C3CCCC3)cnc2N)n1)=Nc1cccc(Cl)c1. The summed E-state index contributed by atoms with van der Waals surface area (Å²) in [6.07, 6.45) is 9.30. The number of amides is 1. The maximum atomic E-state index is 12.6. The summed E-state index contributed by atoms with van der Waals surface area (Å²) in [6, 6.07) is 7.04. The number of aromatic amines is 1. The van der Waals surface area contributed by atoms with Crippen LogP contribution in [0.15, 0.2) is 41.5 Å². The highest BCUT2D eigenvalue weighted by Gasteiger charge is 2.22. The maximum Gasteiger partial charge on any atom is 0.274 e. The first-order chi connectivity index (χ1) is 17.0. The lowest BCUT2D eigenvalue weighted by Gasteiger charge is -2.11. The van der Waals surface area contributed by atoms with Gasteiger partial charge in [-0.05, 0) is 43.2 Å². The van der Waals surface area contributed by atoms with Gasteiger partial charge in [0.25, 0.3) is 5.91 Å². The molecule has 0 unspecified atom stereocenters. The molecular formula is C24H30ClN9O. The Kier molecular flexibility index (Phi) is 9.31. The lowest BCUT2D eigenvalue weighted by Crippen LogP contribution is -2.26. The summed E-state index contributed by atoms with van der Waals surface area (Å²) in [5, 5.41) is 10.2. The molecule has 1 fully saturated rings. The van der Waals surface area contributed by atoms with E-state index in [-0.39, 0.29) is 23.9 Å². The Morgan fingerprint density at radius 1 is 1.29 bits per heavy atom. The number of amidine groups is 1. The molecule has 1 amide bonds. The molecule has 2 aromatic heterocycles. The van der Waals surface area contributed by atoms with Gasteiger partial charge in [0.15, 0.2) is 17.3 Å². The second-order valence-electron chi connectivity index (χ2n) is 7.68. The monoisotopic (exact) mass is 495 g/mol. The van der Waals surface area contributed by atoms with Gasteiger partial charge >= 0.3 is 0 Å². The summed E-state index contributed by atoms with van der Waals surface area (Å²) in [5.41, 5.74) is 13.4. The van der Waals surface area contributed by atoms with Gasteiger partial charge < -0.3 is 16.8 Å². The third-order valence-electron chi connectivity index (χ3n) is 5.24. The number of halogens is 1.